The normalized spacial score (nSPS) is 10.0. The molecule has 0 fully saturated rings. The number of hydrogen-bond donors (Lipinski definition) is 0. The van der Waals surface area contributed by atoms with Crippen molar-refractivity contribution in [1.82, 2.24) is 15.0 Å². The Balaban J connectivity index is 1.98. The molecule has 2 aromatic carbocycles. The minimum Gasteiger partial charge on any atom is -0.450 e. The molecule has 0 aliphatic rings. The number of hydrogen-bond acceptors (Lipinski definition) is 6. The fourth-order valence-electron chi connectivity index (χ4n) is 1.98. The predicted octanol–water partition coefficient (Wildman–Crippen LogP) is 2.84. The van der Waals surface area contributed by atoms with Gasteiger partial charge in [0.25, 0.3) is 0 Å². The van der Waals surface area contributed by atoms with Crippen molar-refractivity contribution < 1.29 is 9.66 Å². The van der Waals surface area contributed by atoms with Gasteiger partial charge in [-0.25, -0.2) is 4.68 Å². The smallest absolute Gasteiger partial charge is 0.311 e. The van der Waals surface area contributed by atoms with Gasteiger partial charge in [-0.3, -0.25) is 10.1 Å². The molecule has 3 aromatic rings. The summed E-state index contributed by atoms with van der Waals surface area (Å²) in [5.41, 5.74) is 0.757. The Labute approximate surface area is 130 Å². The molecule has 1 heterocycles. The van der Waals surface area contributed by atoms with Crippen LogP contribution in [0.5, 0.6) is 11.5 Å². The maximum Gasteiger partial charge on any atom is 0.311 e. The van der Waals surface area contributed by atoms with Gasteiger partial charge in [-0.1, -0.05) is 11.3 Å². The Morgan fingerprint density at radius 2 is 2.13 bits per heavy atom. The molecule has 0 N–H and O–H groups in total. The summed E-state index contributed by atoms with van der Waals surface area (Å²) in [6, 6.07) is 12.7. The lowest BCUT2D eigenvalue weighted by Crippen LogP contribution is -1.97. The van der Waals surface area contributed by atoms with Crippen LogP contribution < -0.4 is 4.74 Å². The zero-order valence-corrected chi connectivity index (χ0v) is 11.7. The maximum atomic E-state index is 11.1. The molecule has 0 spiro atoms. The van der Waals surface area contributed by atoms with E-state index in [0.717, 1.165) is 0 Å². The van der Waals surface area contributed by atoms with Gasteiger partial charge in [-0.05, 0) is 18.2 Å². The van der Waals surface area contributed by atoms with Crippen LogP contribution in [0, 0.1) is 21.4 Å². The monoisotopic (exact) mass is 307 g/mol. The molecule has 23 heavy (non-hydrogen) atoms. The molecule has 0 atom stereocenters. The summed E-state index contributed by atoms with van der Waals surface area (Å²) in [5.74, 6) is 0.390. The van der Waals surface area contributed by atoms with Gasteiger partial charge in [0.1, 0.15) is 5.75 Å². The second-order valence-corrected chi connectivity index (χ2v) is 4.50. The second kappa shape index (κ2) is 5.95. The van der Waals surface area contributed by atoms with E-state index in [9.17, 15) is 10.1 Å². The third-order valence-electron chi connectivity index (χ3n) is 3.02. The standard InChI is InChI=1S/C15H9N5O3/c16-10-11-4-5-14(20(21)22)15(8-11)23-13-3-1-2-12(9-13)19-7-6-17-18-19/h1-9H. The molecule has 112 valence electrons. The lowest BCUT2D eigenvalue weighted by molar-refractivity contribution is -0.385. The Kier molecular flexibility index (Phi) is 3.68. The highest BCUT2D eigenvalue weighted by Gasteiger charge is 2.16. The van der Waals surface area contributed by atoms with Crippen LogP contribution >= 0.6 is 0 Å². The molecule has 0 aliphatic heterocycles. The van der Waals surface area contributed by atoms with Crippen molar-refractivity contribution in [2.24, 2.45) is 0 Å². The summed E-state index contributed by atoms with van der Waals surface area (Å²) in [5, 5.41) is 27.6. The van der Waals surface area contributed by atoms with Crippen LogP contribution in [-0.2, 0) is 0 Å². The highest BCUT2D eigenvalue weighted by molar-refractivity contribution is 5.53. The van der Waals surface area contributed by atoms with Crippen molar-refractivity contribution in [2.75, 3.05) is 0 Å². The van der Waals surface area contributed by atoms with E-state index in [1.165, 1.54) is 29.1 Å². The third-order valence-corrected chi connectivity index (χ3v) is 3.02. The number of nitro groups is 1. The number of aromatic nitrogens is 3. The summed E-state index contributed by atoms with van der Waals surface area (Å²) in [6.07, 6.45) is 3.20. The van der Waals surface area contributed by atoms with Gasteiger partial charge in [0.05, 0.1) is 34.6 Å². The van der Waals surface area contributed by atoms with Gasteiger partial charge >= 0.3 is 5.69 Å². The Morgan fingerprint density at radius 1 is 1.26 bits per heavy atom. The van der Waals surface area contributed by atoms with Crippen molar-refractivity contribution in [3.63, 3.8) is 0 Å². The number of nitrogens with zero attached hydrogens (tertiary/aromatic N) is 5. The van der Waals surface area contributed by atoms with E-state index < -0.39 is 4.92 Å². The number of rotatable bonds is 4. The number of nitriles is 1. The molecule has 3 rings (SSSR count). The van der Waals surface area contributed by atoms with Crippen LogP contribution in [0.25, 0.3) is 5.69 Å². The molecular weight excluding hydrogens is 298 g/mol. The number of benzene rings is 2. The zero-order chi connectivity index (χ0) is 16.2. The summed E-state index contributed by atoms with van der Waals surface area (Å²) in [6.45, 7) is 0. The maximum absolute atomic E-state index is 11.1. The first-order valence-corrected chi connectivity index (χ1v) is 6.50. The van der Waals surface area contributed by atoms with Gasteiger partial charge < -0.3 is 4.74 Å². The van der Waals surface area contributed by atoms with Crippen LogP contribution in [0.3, 0.4) is 0 Å². The Bertz CT molecular complexity index is 900. The van der Waals surface area contributed by atoms with Crippen molar-refractivity contribution in [3.8, 4) is 23.3 Å². The molecule has 0 aliphatic carbocycles. The average Bonchev–Trinajstić information content (AvgIpc) is 3.09. The Hall–Kier alpha value is -3.73. The third kappa shape index (κ3) is 2.98. The van der Waals surface area contributed by atoms with E-state index in [1.54, 1.807) is 30.5 Å². The van der Waals surface area contributed by atoms with Crippen LogP contribution in [0.4, 0.5) is 5.69 Å². The van der Waals surface area contributed by atoms with E-state index in [4.69, 9.17) is 10.00 Å². The molecule has 0 radical (unpaired) electrons. The molecule has 0 saturated carbocycles. The highest BCUT2D eigenvalue weighted by atomic mass is 16.6. The van der Waals surface area contributed by atoms with E-state index >= 15 is 0 Å². The SMILES string of the molecule is N#Cc1ccc([N+](=O)[O-])c(Oc2cccc(-n3ccnn3)c2)c1. The van der Waals surface area contributed by atoms with E-state index in [2.05, 4.69) is 10.3 Å². The summed E-state index contributed by atoms with van der Waals surface area (Å²) < 4.78 is 7.13. The van der Waals surface area contributed by atoms with E-state index in [-0.39, 0.29) is 17.0 Å². The first kappa shape index (κ1) is 14.2. The molecular formula is C15H9N5O3. The van der Waals surface area contributed by atoms with Crippen LogP contribution in [0.1, 0.15) is 5.56 Å². The lowest BCUT2D eigenvalue weighted by atomic mass is 10.2. The van der Waals surface area contributed by atoms with Gasteiger partial charge in [-0.15, -0.1) is 5.10 Å². The number of ether oxygens (including phenoxy) is 1. The minimum atomic E-state index is -0.558. The predicted molar refractivity (Wildman–Crippen MR) is 79.2 cm³/mol. The first-order chi connectivity index (χ1) is 11.2. The van der Waals surface area contributed by atoms with E-state index in [0.29, 0.717) is 11.4 Å². The molecule has 1 aromatic heterocycles. The van der Waals surface area contributed by atoms with Gasteiger partial charge in [0.15, 0.2) is 0 Å². The fraction of sp³-hybridized carbons (Fsp3) is 0. The van der Waals surface area contributed by atoms with Crippen molar-refractivity contribution >= 4 is 5.69 Å². The average molecular weight is 307 g/mol. The summed E-state index contributed by atoms with van der Waals surface area (Å²) >= 11 is 0. The van der Waals surface area contributed by atoms with Gasteiger partial charge in [0, 0.05) is 18.2 Å². The minimum absolute atomic E-state index is 0.00444. The van der Waals surface area contributed by atoms with Gasteiger partial charge in [0.2, 0.25) is 5.75 Å². The topological polar surface area (TPSA) is 107 Å². The van der Waals surface area contributed by atoms with Crippen molar-refractivity contribution in [3.05, 3.63) is 70.5 Å². The van der Waals surface area contributed by atoms with Gasteiger partial charge in [-0.2, -0.15) is 5.26 Å². The molecule has 8 heteroatoms. The highest BCUT2D eigenvalue weighted by Crippen LogP contribution is 2.32. The summed E-state index contributed by atoms with van der Waals surface area (Å²) in [4.78, 5) is 10.5. The van der Waals surface area contributed by atoms with Crippen LogP contribution in [0.15, 0.2) is 54.9 Å². The van der Waals surface area contributed by atoms with Crippen molar-refractivity contribution in [1.29, 1.82) is 5.26 Å². The largest absolute Gasteiger partial charge is 0.450 e. The van der Waals surface area contributed by atoms with E-state index in [1.807, 2.05) is 6.07 Å². The molecule has 0 bridgehead atoms. The van der Waals surface area contributed by atoms with Crippen molar-refractivity contribution in [2.45, 2.75) is 0 Å². The zero-order valence-electron chi connectivity index (χ0n) is 11.7. The second-order valence-electron chi connectivity index (χ2n) is 4.50. The fourth-order valence-corrected chi connectivity index (χ4v) is 1.98. The van der Waals surface area contributed by atoms with Crippen LogP contribution in [-0.4, -0.2) is 19.9 Å². The molecule has 0 amide bonds. The van der Waals surface area contributed by atoms with Crippen LogP contribution in [0.2, 0.25) is 0 Å². The first-order valence-electron chi connectivity index (χ1n) is 6.50. The molecule has 8 nitrogen and oxygen atoms in total. The molecule has 0 unspecified atom stereocenters. The quantitative estimate of drug-likeness (QED) is 0.542. The Morgan fingerprint density at radius 3 is 2.83 bits per heavy atom. The summed E-state index contributed by atoms with van der Waals surface area (Å²) in [7, 11) is 0. The lowest BCUT2D eigenvalue weighted by Gasteiger charge is -2.08. The molecule has 0 saturated heterocycles. The number of nitro benzene ring substituents is 1.